The summed E-state index contributed by atoms with van der Waals surface area (Å²) < 4.78 is 10.9. The molecule has 0 radical (unpaired) electrons. The van der Waals surface area contributed by atoms with Gasteiger partial charge in [-0.05, 0) is 51.8 Å². The van der Waals surface area contributed by atoms with Crippen LogP contribution in [0.1, 0.15) is 45.8 Å². The van der Waals surface area contributed by atoms with E-state index in [0.29, 0.717) is 19.6 Å². The average Bonchev–Trinajstić information content (AvgIpc) is 2.36. The first-order valence-electron chi connectivity index (χ1n) is 7.19. The number of hydrogen-bond acceptors (Lipinski definition) is 4. The molecule has 0 aromatic heterocycles. The number of phenols is 1. The van der Waals surface area contributed by atoms with Crippen molar-refractivity contribution in [2.75, 3.05) is 13.2 Å². The van der Waals surface area contributed by atoms with Crippen LogP contribution in [-0.2, 0) is 9.47 Å². The first-order chi connectivity index (χ1) is 9.81. The fraction of sp³-hybridized carbons (Fsp3) is 0.562. The molecule has 0 saturated carbocycles. The Hall–Kier alpha value is -1.75. The van der Waals surface area contributed by atoms with Gasteiger partial charge in [0.15, 0.2) is 0 Å². The summed E-state index contributed by atoms with van der Waals surface area (Å²) in [6, 6.07) is 6.90. The van der Waals surface area contributed by atoms with Crippen molar-refractivity contribution in [3.05, 3.63) is 29.8 Å². The van der Waals surface area contributed by atoms with Crippen LogP contribution < -0.4 is 5.32 Å². The minimum atomic E-state index is -0.500. The van der Waals surface area contributed by atoms with Crippen LogP contribution in [0.2, 0.25) is 0 Å². The number of hydrogen-bond donors (Lipinski definition) is 2. The lowest BCUT2D eigenvalue weighted by Crippen LogP contribution is -2.33. The van der Waals surface area contributed by atoms with Crippen LogP contribution in [0.5, 0.6) is 5.75 Å². The topological polar surface area (TPSA) is 67.8 Å². The van der Waals surface area contributed by atoms with Gasteiger partial charge in [0, 0.05) is 13.2 Å². The van der Waals surface area contributed by atoms with Gasteiger partial charge in [0.1, 0.15) is 11.4 Å². The Bertz CT molecular complexity index is 437. The number of ether oxygens (including phenoxy) is 2. The average molecular weight is 295 g/mol. The fourth-order valence-corrected chi connectivity index (χ4v) is 1.86. The summed E-state index contributed by atoms with van der Waals surface area (Å²) in [6.45, 7) is 8.44. The summed E-state index contributed by atoms with van der Waals surface area (Å²) in [6.07, 6.45) is 0.0895. The first kappa shape index (κ1) is 17.3. The van der Waals surface area contributed by atoms with E-state index in [0.717, 1.165) is 5.56 Å². The molecule has 0 aliphatic heterocycles. The highest BCUT2D eigenvalue weighted by Crippen LogP contribution is 2.22. The Kier molecular flexibility index (Phi) is 6.49. The third kappa shape index (κ3) is 6.99. The molecule has 1 amide bonds. The van der Waals surface area contributed by atoms with E-state index in [2.05, 4.69) is 5.32 Å². The second-order valence-electron chi connectivity index (χ2n) is 5.75. The van der Waals surface area contributed by atoms with Crippen LogP contribution >= 0.6 is 0 Å². The summed E-state index contributed by atoms with van der Waals surface area (Å²) in [4.78, 5) is 11.6. The number of benzene rings is 1. The van der Waals surface area contributed by atoms with Crippen molar-refractivity contribution in [1.29, 1.82) is 0 Å². The molecule has 0 spiro atoms. The number of carbonyl (C=O) groups is 1. The highest BCUT2D eigenvalue weighted by Gasteiger charge is 2.17. The number of amides is 1. The van der Waals surface area contributed by atoms with Crippen LogP contribution in [0.15, 0.2) is 24.3 Å². The maximum absolute atomic E-state index is 11.6. The minimum absolute atomic E-state index is 0.120. The number of alkyl carbamates (subject to hydrolysis) is 1. The standard InChI is InChI=1S/C16H25NO4/c1-5-20-14(12-6-8-13(18)9-7-12)10-11-17-15(19)21-16(2,3)4/h6-9,14,18H,5,10-11H2,1-4H3,(H,17,19). The molecule has 0 aliphatic carbocycles. The van der Waals surface area contributed by atoms with Crippen LogP contribution in [0.25, 0.3) is 0 Å². The number of carbonyl (C=O) groups excluding carboxylic acids is 1. The van der Waals surface area contributed by atoms with E-state index < -0.39 is 11.7 Å². The van der Waals surface area contributed by atoms with Gasteiger partial charge in [-0.15, -0.1) is 0 Å². The Balaban J connectivity index is 2.48. The van der Waals surface area contributed by atoms with E-state index in [1.807, 2.05) is 39.8 Å². The third-order valence-electron chi connectivity index (χ3n) is 2.71. The van der Waals surface area contributed by atoms with Gasteiger partial charge < -0.3 is 19.9 Å². The van der Waals surface area contributed by atoms with Crippen LogP contribution in [0, 0.1) is 0 Å². The van der Waals surface area contributed by atoms with Crippen molar-refractivity contribution >= 4 is 6.09 Å². The van der Waals surface area contributed by atoms with E-state index in [1.165, 1.54) is 0 Å². The Morgan fingerprint density at radius 2 is 1.90 bits per heavy atom. The molecule has 1 unspecified atom stereocenters. The Labute approximate surface area is 126 Å². The second kappa shape index (κ2) is 7.88. The van der Waals surface area contributed by atoms with Crippen LogP contribution in [0.3, 0.4) is 0 Å². The number of phenolic OH excluding ortho intramolecular Hbond substituents is 1. The molecule has 1 atom stereocenters. The largest absolute Gasteiger partial charge is 0.508 e. The molecule has 0 saturated heterocycles. The van der Waals surface area contributed by atoms with Gasteiger partial charge >= 0.3 is 6.09 Å². The van der Waals surface area contributed by atoms with Gasteiger partial charge in [-0.3, -0.25) is 0 Å². The number of aromatic hydroxyl groups is 1. The van der Waals surface area contributed by atoms with Crippen molar-refractivity contribution in [3.63, 3.8) is 0 Å². The predicted molar refractivity (Wildman–Crippen MR) is 81.3 cm³/mol. The zero-order valence-corrected chi connectivity index (χ0v) is 13.2. The molecule has 0 aliphatic rings. The first-order valence-corrected chi connectivity index (χ1v) is 7.19. The summed E-state index contributed by atoms with van der Waals surface area (Å²) in [5, 5.41) is 12.0. The SMILES string of the molecule is CCOC(CCNC(=O)OC(C)(C)C)c1ccc(O)cc1. The molecule has 5 nitrogen and oxygen atoms in total. The molecule has 21 heavy (non-hydrogen) atoms. The van der Waals surface area contributed by atoms with Crippen molar-refractivity contribution < 1.29 is 19.4 Å². The fourth-order valence-electron chi connectivity index (χ4n) is 1.86. The Morgan fingerprint density at radius 3 is 2.43 bits per heavy atom. The van der Waals surface area contributed by atoms with Gasteiger partial charge in [-0.25, -0.2) is 4.79 Å². The van der Waals surface area contributed by atoms with Gasteiger partial charge in [0.25, 0.3) is 0 Å². The highest BCUT2D eigenvalue weighted by atomic mass is 16.6. The van der Waals surface area contributed by atoms with Gasteiger partial charge in [0.2, 0.25) is 0 Å². The van der Waals surface area contributed by atoms with E-state index in [1.54, 1.807) is 12.1 Å². The molecular formula is C16H25NO4. The molecule has 0 bridgehead atoms. The molecule has 1 aromatic rings. The maximum atomic E-state index is 11.6. The summed E-state index contributed by atoms with van der Waals surface area (Å²) in [5.74, 6) is 0.223. The monoisotopic (exact) mass is 295 g/mol. The summed E-state index contributed by atoms with van der Waals surface area (Å²) in [7, 11) is 0. The minimum Gasteiger partial charge on any atom is -0.508 e. The normalized spacial score (nSPS) is 12.8. The third-order valence-corrected chi connectivity index (χ3v) is 2.71. The van der Waals surface area contributed by atoms with E-state index in [9.17, 15) is 9.90 Å². The van der Waals surface area contributed by atoms with Gasteiger partial charge in [0.05, 0.1) is 6.10 Å². The van der Waals surface area contributed by atoms with E-state index in [-0.39, 0.29) is 11.9 Å². The quantitative estimate of drug-likeness (QED) is 0.844. The predicted octanol–water partition coefficient (Wildman–Crippen LogP) is 3.38. The summed E-state index contributed by atoms with van der Waals surface area (Å²) in [5.41, 5.74) is 0.473. The van der Waals surface area contributed by atoms with Crippen LogP contribution in [-0.4, -0.2) is 30.0 Å². The lowest BCUT2D eigenvalue weighted by atomic mass is 10.1. The second-order valence-corrected chi connectivity index (χ2v) is 5.75. The lowest BCUT2D eigenvalue weighted by Gasteiger charge is -2.21. The van der Waals surface area contributed by atoms with E-state index in [4.69, 9.17) is 9.47 Å². The van der Waals surface area contributed by atoms with Gasteiger partial charge in [-0.1, -0.05) is 12.1 Å². The molecular weight excluding hydrogens is 270 g/mol. The highest BCUT2D eigenvalue weighted by molar-refractivity contribution is 5.67. The van der Waals surface area contributed by atoms with Crippen molar-refractivity contribution in [3.8, 4) is 5.75 Å². The summed E-state index contributed by atoms with van der Waals surface area (Å²) >= 11 is 0. The molecule has 0 heterocycles. The van der Waals surface area contributed by atoms with Crippen LogP contribution in [0.4, 0.5) is 4.79 Å². The molecule has 1 rings (SSSR count). The van der Waals surface area contributed by atoms with Crippen molar-refractivity contribution in [2.24, 2.45) is 0 Å². The molecule has 0 fully saturated rings. The smallest absolute Gasteiger partial charge is 0.407 e. The Morgan fingerprint density at radius 1 is 1.29 bits per heavy atom. The molecule has 2 N–H and O–H groups in total. The zero-order valence-electron chi connectivity index (χ0n) is 13.2. The molecule has 1 aromatic carbocycles. The lowest BCUT2D eigenvalue weighted by molar-refractivity contribution is 0.0448. The van der Waals surface area contributed by atoms with Crippen molar-refractivity contribution in [2.45, 2.75) is 45.8 Å². The maximum Gasteiger partial charge on any atom is 0.407 e. The zero-order chi connectivity index (χ0) is 15.9. The number of rotatable bonds is 6. The molecule has 5 heteroatoms. The molecule has 118 valence electrons. The van der Waals surface area contributed by atoms with Gasteiger partial charge in [-0.2, -0.15) is 0 Å². The van der Waals surface area contributed by atoms with Crippen molar-refractivity contribution in [1.82, 2.24) is 5.32 Å². The number of nitrogens with one attached hydrogen (secondary N) is 1. The van der Waals surface area contributed by atoms with E-state index >= 15 is 0 Å².